The third-order valence-electron chi connectivity index (χ3n) is 2.06. The number of rotatable bonds is 0. The first-order chi connectivity index (χ1) is 5.79. The summed E-state index contributed by atoms with van der Waals surface area (Å²) in [5.41, 5.74) is 0.646. The van der Waals surface area contributed by atoms with Crippen molar-refractivity contribution in [3.63, 3.8) is 0 Å². The molecule has 0 atom stereocenters. The van der Waals surface area contributed by atoms with E-state index in [0.717, 1.165) is 10.8 Å². The number of benzene rings is 1. The lowest BCUT2D eigenvalue weighted by atomic mass is 10.1. The molecule has 0 N–H and O–H groups in total. The average Bonchev–Trinajstić information content (AvgIpc) is 2.12. The summed E-state index contributed by atoms with van der Waals surface area (Å²) < 4.78 is 13.0. The highest BCUT2D eigenvalue weighted by molar-refractivity contribution is 5.82. The molecule has 0 saturated heterocycles. The van der Waals surface area contributed by atoms with E-state index in [4.69, 9.17) is 0 Å². The molecule has 0 aliphatic heterocycles. The molecule has 1 aromatic carbocycles. The minimum atomic E-state index is 0.641. The van der Waals surface area contributed by atoms with Crippen LogP contribution in [0.15, 0.2) is 36.5 Å². The van der Waals surface area contributed by atoms with Crippen molar-refractivity contribution in [2.45, 2.75) is 6.92 Å². The Bertz CT molecular complexity index is 423. The van der Waals surface area contributed by atoms with E-state index in [1.807, 2.05) is 24.3 Å². The second-order valence-corrected chi connectivity index (χ2v) is 2.80. The van der Waals surface area contributed by atoms with E-state index in [-0.39, 0.29) is 0 Å². The van der Waals surface area contributed by atoms with E-state index < -0.39 is 0 Å². The zero-order valence-corrected chi connectivity index (χ0v) is 6.79. The van der Waals surface area contributed by atoms with E-state index in [1.54, 1.807) is 13.0 Å². The van der Waals surface area contributed by atoms with Gasteiger partial charge >= 0.3 is 0 Å². The minimum absolute atomic E-state index is 0.641. The predicted molar refractivity (Wildman–Crippen MR) is 45.4 cm³/mol. The maximum Gasteiger partial charge on any atom is 0.234 e. The molecular formula is C10H9FN+. The monoisotopic (exact) mass is 162 g/mol. The van der Waals surface area contributed by atoms with Crippen molar-refractivity contribution in [3.05, 3.63) is 42.2 Å². The lowest BCUT2D eigenvalue weighted by Crippen LogP contribution is -2.25. The Morgan fingerprint density at radius 2 is 1.92 bits per heavy atom. The summed E-state index contributed by atoms with van der Waals surface area (Å²) in [5, 5.41) is 2.03. The van der Waals surface area contributed by atoms with Gasteiger partial charge < -0.3 is 0 Å². The molecule has 0 amide bonds. The van der Waals surface area contributed by atoms with Gasteiger partial charge in [-0.1, -0.05) is 18.2 Å². The van der Waals surface area contributed by atoms with Crippen molar-refractivity contribution in [1.29, 1.82) is 0 Å². The van der Waals surface area contributed by atoms with Crippen LogP contribution in [0.25, 0.3) is 10.8 Å². The van der Waals surface area contributed by atoms with Gasteiger partial charge in [0.25, 0.3) is 0 Å². The summed E-state index contributed by atoms with van der Waals surface area (Å²) in [5.74, 6) is 0. The van der Waals surface area contributed by atoms with Gasteiger partial charge in [0, 0.05) is 17.8 Å². The predicted octanol–water partition coefficient (Wildman–Crippen LogP) is 2.17. The number of aromatic nitrogens is 1. The second-order valence-electron chi connectivity index (χ2n) is 2.80. The highest BCUT2D eigenvalue weighted by atomic mass is 19.2. The molecule has 1 aromatic heterocycles. The molecule has 0 radical (unpaired) electrons. The van der Waals surface area contributed by atoms with Gasteiger partial charge in [-0.2, -0.15) is 0 Å². The van der Waals surface area contributed by atoms with E-state index in [2.05, 4.69) is 0 Å². The number of aryl methyl sites for hydroxylation is 1. The number of fused-ring (bicyclic) bond motifs is 1. The van der Waals surface area contributed by atoms with E-state index in [9.17, 15) is 4.48 Å². The molecule has 2 heteroatoms. The Morgan fingerprint density at radius 1 is 1.17 bits per heavy atom. The van der Waals surface area contributed by atoms with Gasteiger partial charge in [0.1, 0.15) is 0 Å². The molecule has 0 unspecified atom stereocenters. The van der Waals surface area contributed by atoms with Crippen LogP contribution in [0.3, 0.4) is 0 Å². The van der Waals surface area contributed by atoms with Crippen LogP contribution in [0.4, 0.5) is 4.48 Å². The topological polar surface area (TPSA) is 3.88 Å². The van der Waals surface area contributed by atoms with Gasteiger partial charge in [-0.3, -0.25) is 0 Å². The van der Waals surface area contributed by atoms with Crippen molar-refractivity contribution in [2.75, 3.05) is 0 Å². The lowest BCUT2D eigenvalue weighted by molar-refractivity contribution is -0.847. The van der Waals surface area contributed by atoms with Crippen LogP contribution in [0, 0.1) is 6.92 Å². The maximum absolute atomic E-state index is 13.0. The first-order valence-electron chi connectivity index (χ1n) is 3.85. The summed E-state index contributed by atoms with van der Waals surface area (Å²) in [6.07, 6.45) is 1.43. The van der Waals surface area contributed by atoms with Gasteiger partial charge in [-0.25, -0.2) is 0 Å². The molecule has 2 aromatic rings. The van der Waals surface area contributed by atoms with Gasteiger partial charge in [0.15, 0.2) is 0 Å². The number of nitrogens with zero attached hydrogens (tertiary/aromatic N) is 1. The van der Waals surface area contributed by atoms with Crippen molar-refractivity contribution in [2.24, 2.45) is 0 Å². The fraction of sp³-hybridized carbons (Fsp3) is 0.100. The van der Waals surface area contributed by atoms with Gasteiger partial charge in [-0.15, -0.1) is 0 Å². The van der Waals surface area contributed by atoms with Crippen molar-refractivity contribution >= 4 is 10.8 Å². The Hall–Kier alpha value is -1.44. The molecule has 0 aliphatic rings. The summed E-state index contributed by atoms with van der Waals surface area (Å²) in [6, 6.07) is 9.52. The standard InChI is InChI=1S/C10H9FN/c1-8-10-5-3-2-4-9(10)6-7-12(8)11/h2-7H,1H3/q+1. The average molecular weight is 162 g/mol. The molecular weight excluding hydrogens is 153 g/mol. The molecule has 12 heavy (non-hydrogen) atoms. The van der Waals surface area contributed by atoms with Crippen LogP contribution in [0.5, 0.6) is 0 Å². The van der Waals surface area contributed by atoms with Crippen molar-refractivity contribution < 1.29 is 9.27 Å². The van der Waals surface area contributed by atoms with Gasteiger partial charge in [-0.05, 0) is 11.5 Å². The first kappa shape index (κ1) is 7.22. The minimum Gasteiger partial charge on any atom is -0.0616 e. The largest absolute Gasteiger partial charge is 0.234 e. The molecule has 0 saturated carbocycles. The van der Waals surface area contributed by atoms with Crippen LogP contribution in [0.2, 0.25) is 0 Å². The van der Waals surface area contributed by atoms with Crippen LogP contribution < -0.4 is 4.79 Å². The van der Waals surface area contributed by atoms with Crippen molar-refractivity contribution in [1.82, 2.24) is 0 Å². The molecule has 0 aliphatic carbocycles. The van der Waals surface area contributed by atoms with Crippen LogP contribution in [-0.4, -0.2) is 0 Å². The van der Waals surface area contributed by atoms with Gasteiger partial charge in [0.05, 0.1) is 9.87 Å². The first-order valence-corrected chi connectivity index (χ1v) is 3.85. The van der Waals surface area contributed by atoms with Crippen molar-refractivity contribution in [3.8, 4) is 0 Å². The van der Waals surface area contributed by atoms with Crippen LogP contribution in [-0.2, 0) is 0 Å². The summed E-state index contributed by atoms with van der Waals surface area (Å²) in [7, 11) is 0. The normalized spacial score (nSPS) is 10.5. The SMILES string of the molecule is Cc1c2ccccc2cc[n+]1F. The lowest BCUT2D eigenvalue weighted by Gasteiger charge is -1.94. The zero-order chi connectivity index (χ0) is 8.55. The summed E-state index contributed by atoms with van der Waals surface area (Å²) in [4.78, 5) is 0.641. The summed E-state index contributed by atoms with van der Waals surface area (Å²) >= 11 is 0. The second kappa shape index (κ2) is 2.55. The van der Waals surface area contributed by atoms with E-state index >= 15 is 0 Å². The zero-order valence-electron chi connectivity index (χ0n) is 6.79. The maximum atomic E-state index is 13.0. The fourth-order valence-corrected chi connectivity index (χ4v) is 1.34. The third kappa shape index (κ3) is 0.961. The highest BCUT2D eigenvalue weighted by Gasteiger charge is 2.08. The summed E-state index contributed by atoms with van der Waals surface area (Å²) in [6.45, 7) is 1.77. The van der Waals surface area contributed by atoms with E-state index in [0.29, 0.717) is 10.5 Å². The quantitative estimate of drug-likeness (QED) is 0.559. The Morgan fingerprint density at radius 3 is 2.75 bits per heavy atom. The Balaban J connectivity index is 2.91. The van der Waals surface area contributed by atoms with Crippen LogP contribution in [0.1, 0.15) is 5.69 Å². The third-order valence-corrected chi connectivity index (χ3v) is 2.06. The molecule has 1 nitrogen and oxygen atoms in total. The Labute approximate surface area is 70.0 Å². The number of hydrogen-bond donors (Lipinski definition) is 0. The fourth-order valence-electron chi connectivity index (χ4n) is 1.34. The molecule has 0 fully saturated rings. The smallest absolute Gasteiger partial charge is 0.0616 e. The van der Waals surface area contributed by atoms with E-state index in [1.165, 1.54) is 6.20 Å². The van der Waals surface area contributed by atoms with Crippen LogP contribution >= 0.6 is 0 Å². The Kier molecular flexibility index (Phi) is 1.54. The highest BCUT2D eigenvalue weighted by Crippen LogP contribution is 2.13. The number of pyridine rings is 1. The molecule has 60 valence electrons. The molecule has 0 bridgehead atoms. The molecule has 0 spiro atoms. The van der Waals surface area contributed by atoms with Gasteiger partial charge in [0.2, 0.25) is 11.9 Å². The number of hydrogen-bond acceptors (Lipinski definition) is 0. The molecule has 1 heterocycles. The number of halogens is 1. The molecule has 2 rings (SSSR count).